The summed E-state index contributed by atoms with van der Waals surface area (Å²) in [7, 11) is 0. The molecule has 1 fully saturated rings. The smallest absolute Gasteiger partial charge is 0.311 e. The maximum Gasteiger partial charge on any atom is 0.311 e. The van der Waals surface area contributed by atoms with Crippen molar-refractivity contribution in [3.8, 4) is 0 Å². The number of aliphatic hydroxyl groups excluding tert-OH is 1. The van der Waals surface area contributed by atoms with Crippen LogP contribution >= 0.6 is 11.3 Å². The molecule has 10 heteroatoms. The van der Waals surface area contributed by atoms with Crippen molar-refractivity contribution < 1.29 is 19.4 Å². The Hall–Kier alpha value is -2.04. The fourth-order valence-corrected chi connectivity index (χ4v) is 3.68. The van der Waals surface area contributed by atoms with Crippen LogP contribution in [0, 0.1) is 0 Å². The zero-order valence-electron chi connectivity index (χ0n) is 13.2. The number of ether oxygens (including phenoxy) is 2. The van der Waals surface area contributed by atoms with Gasteiger partial charge in [-0.25, -0.2) is 4.98 Å². The van der Waals surface area contributed by atoms with E-state index in [1.165, 1.54) is 17.7 Å². The molecular formula is C14H18N4O5S. The van der Waals surface area contributed by atoms with E-state index in [0.717, 1.165) is 11.3 Å². The van der Waals surface area contributed by atoms with Gasteiger partial charge in [0.1, 0.15) is 12.2 Å². The minimum Gasteiger partial charge on any atom is -0.460 e. The maximum atomic E-state index is 12.3. The lowest BCUT2D eigenvalue weighted by Gasteiger charge is -2.22. The van der Waals surface area contributed by atoms with Crippen LogP contribution in [0.1, 0.15) is 32.9 Å². The summed E-state index contributed by atoms with van der Waals surface area (Å²) < 4.78 is 12.9. The van der Waals surface area contributed by atoms with Crippen molar-refractivity contribution in [3.05, 3.63) is 15.9 Å². The molecule has 3 N–H and O–H groups in total. The Balaban J connectivity index is 1.93. The molecule has 0 spiro atoms. The van der Waals surface area contributed by atoms with Crippen LogP contribution < -0.4 is 10.6 Å². The fraction of sp³-hybridized carbons (Fsp3) is 0.571. The van der Waals surface area contributed by atoms with Gasteiger partial charge in [0, 0.05) is 13.3 Å². The number of carbonyl (C=O) groups is 1. The van der Waals surface area contributed by atoms with Crippen molar-refractivity contribution in [2.75, 3.05) is 5.73 Å². The zero-order valence-corrected chi connectivity index (χ0v) is 14.0. The van der Waals surface area contributed by atoms with Gasteiger partial charge in [0.05, 0.1) is 17.0 Å². The number of thiazole rings is 1. The Morgan fingerprint density at radius 2 is 2.42 bits per heavy atom. The summed E-state index contributed by atoms with van der Waals surface area (Å²) in [6.45, 7) is 3.18. The molecule has 0 aliphatic carbocycles. The maximum absolute atomic E-state index is 12.3. The molecule has 0 radical (unpaired) electrons. The lowest BCUT2D eigenvalue weighted by atomic mass is 10.1. The van der Waals surface area contributed by atoms with Crippen molar-refractivity contribution >= 4 is 33.6 Å². The number of nitrogens with two attached hydrogens (primary N) is 1. The minimum atomic E-state index is -0.925. The zero-order chi connectivity index (χ0) is 17.4. The molecule has 4 atom stereocenters. The number of esters is 1. The molecular weight excluding hydrogens is 336 g/mol. The largest absolute Gasteiger partial charge is 0.460 e. The summed E-state index contributed by atoms with van der Waals surface area (Å²) in [5.74, 6) is -0.383. The average molecular weight is 354 g/mol. The van der Waals surface area contributed by atoms with E-state index in [2.05, 4.69) is 9.97 Å². The van der Waals surface area contributed by atoms with Gasteiger partial charge < -0.3 is 20.3 Å². The molecule has 9 nitrogen and oxygen atoms in total. The van der Waals surface area contributed by atoms with Crippen molar-refractivity contribution in [3.63, 3.8) is 0 Å². The first-order valence-corrected chi connectivity index (χ1v) is 8.36. The van der Waals surface area contributed by atoms with Gasteiger partial charge in [-0.3, -0.25) is 14.2 Å². The Kier molecular flexibility index (Phi) is 4.52. The van der Waals surface area contributed by atoms with E-state index in [4.69, 9.17) is 15.2 Å². The molecule has 1 aliphatic heterocycles. The molecule has 0 aromatic carbocycles. The number of rotatable bonds is 4. The van der Waals surface area contributed by atoms with Crippen molar-refractivity contribution in [1.82, 2.24) is 14.5 Å². The van der Waals surface area contributed by atoms with Crippen molar-refractivity contribution in [2.45, 2.75) is 51.2 Å². The van der Waals surface area contributed by atoms with Gasteiger partial charge in [0.25, 0.3) is 0 Å². The van der Waals surface area contributed by atoms with Gasteiger partial charge in [-0.1, -0.05) is 18.3 Å². The van der Waals surface area contributed by atoms with Crippen LogP contribution in [0.2, 0.25) is 0 Å². The third kappa shape index (κ3) is 2.99. The average Bonchev–Trinajstić information content (AvgIpc) is 3.03. The van der Waals surface area contributed by atoms with Gasteiger partial charge in [0.2, 0.25) is 5.95 Å². The van der Waals surface area contributed by atoms with Crippen LogP contribution in [0.5, 0.6) is 0 Å². The van der Waals surface area contributed by atoms with Crippen LogP contribution in [0.25, 0.3) is 10.3 Å². The summed E-state index contributed by atoms with van der Waals surface area (Å²) in [6, 6.07) is 0. The molecule has 1 aliphatic rings. The minimum absolute atomic E-state index is 0.0319. The second kappa shape index (κ2) is 6.46. The SMILES string of the molecule is CC[C@H](OC(C)=O)[C@@H]1C[C@@H](O)C(n2c(=O)sc3cnc(N)nc32)O1. The number of aromatic nitrogens is 3. The van der Waals surface area contributed by atoms with E-state index < -0.39 is 30.5 Å². The lowest BCUT2D eigenvalue weighted by molar-refractivity contribution is -0.156. The summed E-state index contributed by atoms with van der Waals surface area (Å²) in [4.78, 5) is 31.1. The topological polar surface area (TPSA) is 130 Å². The molecule has 1 saturated heterocycles. The Bertz CT molecular complexity index is 819. The molecule has 3 rings (SSSR count). The van der Waals surface area contributed by atoms with Gasteiger partial charge in [-0.05, 0) is 6.42 Å². The third-order valence-electron chi connectivity index (χ3n) is 3.88. The molecule has 24 heavy (non-hydrogen) atoms. The Morgan fingerprint density at radius 3 is 3.08 bits per heavy atom. The van der Waals surface area contributed by atoms with Gasteiger partial charge >= 0.3 is 10.8 Å². The number of hydrogen-bond donors (Lipinski definition) is 2. The highest BCUT2D eigenvalue weighted by atomic mass is 32.1. The highest BCUT2D eigenvalue weighted by molar-refractivity contribution is 7.16. The number of nitrogen functional groups attached to an aromatic ring is 1. The van der Waals surface area contributed by atoms with Gasteiger partial charge in [0.15, 0.2) is 11.9 Å². The summed E-state index contributed by atoms with van der Waals surface area (Å²) in [6.07, 6.45) is -0.560. The molecule has 2 aromatic heterocycles. The van der Waals surface area contributed by atoms with Crippen LogP contribution in [0.3, 0.4) is 0 Å². The second-order valence-corrected chi connectivity index (χ2v) is 6.57. The molecule has 0 amide bonds. The van der Waals surface area contributed by atoms with Crippen LogP contribution in [0.4, 0.5) is 5.95 Å². The highest BCUT2D eigenvalue weighted by Crippen LogP contribution is 2.33. The number of nitrogens with zero attached hydrogens (tertiary/aromatic N) is 3. The Labute approximate surface area is 141 Å². The van der Waals surface area contributed by atoms with Crippen molar-refractivity contribution in [2.24, 2.45) is 0 Å². The number of aliphatic hydroxyl groups is 1. The van der Waals surface area contributed by atoms with Crippen LogP contribution in [-0.2, 0) is 14.3 Å². The molecule has 3 heterocycles. The van der Waals surface area contributed by atoms with E-state index in [9.17, 15) is 14.7 Å². The lowest BCUT2D eigenvalue weighted by Crippen LogP contribution is -2.31. The number of anilines is 1. The van der Waals surface area contributed by atoms with Gasteiger partial charge in [-0.15, -0.1) is 0 Å². The second-order valence-electron chi connectivity index (χ2n) is 5.58. The van der Waals surface area contributed by atoms with E-state index >= 15 is 0 Å². The molecule has 1 unspecified atom stereocenters. The first-order chi connectivity index (χ1) is 11.4. The van der Waals surface area contributed by atoms with E-state index in [-0.39, 0.29) is 17.2 Å². The van der Waals surface area contributed by atoms with E-state index in [0.29, 0.717) is 16.8 Å². The summed E-state index contributed by atoms with van der Waals surface area (Å²) in [5.41, 5.74) is 5.92. The van der Waals surface area contributed by atoms with Crippen LogP contribution in [-0.4, -0.2) is 43.9 Å². The quantitative estimate of drug-likeness (QED) is 0.756. The van der Waals surface area contributed by atoms with Crippen molar-refractivity contribution in [1.29, 1.82) is 0 Å². The third-order valence-corrected chi connectivity index (χ3v) is 4.76. The fourth-order valence-electron chi connectivity index (χ4n) is 2.86. The summed E-state index contributed by atoms with van der Waals surface area (Å²) >= 11 is 0.953. The van der Waals surface area contributed by atoms with E-state index in [1.807, 2.05) is 6.92 Å². The first-order valence-electron chi connectivity index (χ1n) is 7.55. The predicted molar refractivity (Wildman–Crippen MR) is 86.5 cm³/mol. The normalized spacial score (nSPS) is 25.0. The molecule has 0 bridgehead atoms. The number of fused-ring (bicyclic) bond motifs is 1. The molecule has 2 aromatic rings. The predicted octanol–water partition coefficient (Wildman–Crippen LogP) is 0.425. The van der Waals surface area contributed by atoms with E-state index in [1.54, 1.807) is 0 Å². The van der Waals surface area contributed by atoms with Gasteiger partial charge in [-0.2, -0.15) is 4.98 Å². The molecule has 130 valence electrons. The molecule has 0 saturated carbocycles. The first kappa shape index (κ1) is 16.8. The monoisotopic (exact) mass is 354 g/mol. The Morgan fingerprint density at radius 1 is 1.67 bits per heavy atom. The summed E-state index contributed by atoms with van der Waals surface area (Å²) in [5, 5.41) is 10.4. The van der Waals surface area contributed by atoms with Crippen LogP contribution in [0.15, 0.2) is 11.0 Å². The highest BCUT2D eigenvalue weighted by Gasteiger charge is 2.41. The standard InChI is InChI=1S/C14H18N4O5S/c1-3-8(22-6(2)19)9-4-7(20)12(23-9)18-11-10(24-14(18)21)5-16-13(15)17-11/h5,7-9,12,20H,3-4H2,1-2H3,(H2,15,16,17)/t7-,8+,9+,12?/m1/s1. The number of hydrogen-bond acceptors (Lipinski definition) is 9. The number of carbonyl (C=O) groups excluding carboxylic acids is 1.